The van der Waals surface area contributed by atoms with Crippen LogP contribution in [0.15, 0.2) is 42.5 Å². The number of nitriles is 1. The third kappa shape index (κ3) is 5.89. The summed E-state index contributed by atoms with van der Waals surface area (Å²) in [5.74, 6) is 0.262. The maximum atomic E-state index is 17.7. The molecule has 1 amide bonds. The molecule has 1 spiro atoms. The molecule has 0 aliphatic carbocycles. The third-order valence-electron chi connectivity index (χ3n) is 10.9. The first-order valence-electron chi connectivity index (χ1n) is 17.9. The second kappa shape index (κ2) is 13.6. The van der Waals surface area contributed by atoms with E-state index in [1.807, 2.05) is 35.2 Å². The van der Waals surface area contributed by atoms with Crippen molar-refractivity contribution in [1.82, 2.24) is 15.2 Å². The van der Waals surface area contributed by atoms with Gasteiger partial charge in [-0.1, -0.05) is 38.1 Å². The number of phenolic OH excluding ortho intramolecular Hbond substituents is 1. The number of unbranched alkanes of at least 4 members (excludes halogenated alkanes) is 1. The van der Waals surface area contributed by atoms with Crippen molar-refractivity contribution in [3.05, 3.63) is 59.4 Å². The molecule has 1 aromatic heterocycles. The SMILES string of the molecule is CC(C)CCN1C(=O)C2(CCCNC2)c2c1c(OC[C@@H]1CCCN1C)nc1c(F)c(-c3cc(O)cc4ccccc34)c(CCCC#N)cc21. The number of likely N-dealkylation sites (tertiary alicyclic amines) is 1. The number of piperidine rings is 1. The second-order valence-electron chi connectivity index (χ2n) is 14.6. The van der Waals surface area contributed by atoms with E-state index < -0.39 is 11.2 Å². The van der Waals surface area contributed by atoms with E-state index in [0.717, 1.165) is 60.7 Å². The van der Waals surface area contributed by atoms with Gasteiger partial charge in [0.05, 0.1) is 11.5 Å². The molecule has 3 aliphatic heterocycles. The van der Waals surface area contributed by atoms with Crippen molar-refractivity contribution in [3.63, 3.8) is 0 Å². The Hall–Kier alpha value is -4.26. The molecule has 49 heavy (non-hydrogen) atoms. The van der Waals surface area contributed by atoms with Crippen molar-refractivity contribution in [1.29, 1.82) is 5.26 Å². The average Bonchev–Trinajstić information content (AvgIpc) is 3.60. The molecule has 4 heterocycles. The standard InChI is InChI=1S/C40H46FN5O3/c1-25(2)14-19-46-37-34(40(39(46)48)15-9-17-43-24-40)32-21-27(11-6-7-16-42)33(31-22-29(47)20-26-10-4-5-13-30(26)31)35(41)36(32)44-38(37)49-23-28-12-8-18-45(28)3/h4-5,10,13,20-22,25,28,43,47H,6-9,11-12,14-15,17-19,23-24H2,1-3H3/t28-,40?/m0/s1. The molecule has 0 bridgehead atoms. The minimum absolute atomic E-state index is 0.0296. The van der Waals surface area contributed by atoms with E-state index in [9.17, 15) is 15.2 Å². The molecule has 0 radical (unpaired) electrons. The van der Waals surface area contributed by atoms with Gasteiger partial charge in [-0.25, -0.2) is 9.37 Å². The van der Waals surface area contributed by atoms with Gasteiger partial charge in [0, 0.05) is 42.1 Å². The number of hydrogen-bond donors (Lipinski definition) is 2. The molecular formula is C40H46FN5O3. The van der Waals surface area contributed by atoms with Crippen LogP contribution >= 0.6 is 0 Å². The molecule has 4 aromatic rings. The third-order valence-corrected chi connectivity index (χ3v) is 10.9. The second-order valence-corrected chi connectivity index (χ2v) is 14.6. The van der Waals surface area contributed by atoms with Crippen molar-refractivity contribution >= 4 is 33.3 Å². The van der Waals surface area contributed by atoms with Gasteiger partial charge in [0.25, 0.3) is 0 Å². The van der Waals surface area contributed by atoms with Crippen LogP contribution in [0.2, 0.25) is 0 Å². The Morgan fingerprint density at radius 3 is 2.78 bits per heavy atom. The minimum atomic E-state index is -0.871. The summed E-state index contributed by atoms with van der Waals surface area (Å²) in [5, 5.41) is 26.0. The average molecular weight is 664 g/mol. The van der Waals surface area contributed by atoms with Gasteiger partial charge < -0.3 is 25.0 Å². The Labute approximate surface area is 287 Å². The number of nitrogens with one attached hydrogen (secondary N) is 1. The summed E-state index contributed by atoms with van der Waals surface area (Å²) in [4.78, 5) is 23.9. The molecule has 2 N–H and O–H groups in total. The Kier molecular flexibility index (Phi) is 9.21. The van der Waals surface area contributed by atoms with E-state index in [0.29, 0.717) is 79.4 Å². The summed E-state index contributed by atoms with van der Waals surface area (Å²) >= 11 is 0. The van der Waals surface area contributed by atoms with Crippen LogP contribution in [0.4, 0.5) is 10.1 Å². The molecule has 3 aromatic carbocycles. The molecule has 256 valence electrons. The van der Waals surface area contributed by atoms with Crippen molar-refractivity contribution in [2.75, 3.05) is 44.7 Å². The lowest BCUT2D eigenvalue weighted by Crippen LogP contribution is -2.50. The lowest BCUT2D eigenvalue weighted by atomic mass is 9.74. The fourth-order valence-corrected chi connectivity index (χ4v) is 8.30. The van der Waals surface area contributed by atoms with Gasteiger partial charge in [-0.15, -0.1) is 0 Å². The van der Waals surface area contributed by atoms with Crippen LogP contribution in [-0.4, -0.2) is 66.8 Å². The van der Waals surface area contributed by atoms with Gasteiger partial charge in [0.15, 0.2) is 5.82 Å². The fourth-order valence-electron chi connectivity index (χ4n) is 8.30. The number of halogens is 1. The monoisotopic (exact) mass is 663 g/mol. The number of ether oxygens (including phenoxy) is 1. The number of fused-ring (bicyclic) bond motifs is 5. The molecule has 0 saturated carbocycles. The number of carbonyl (C=O) groups excluding carboxylic acids is 1. The van der Waals surface area contributed by atoms with Crippen molar-refractivity contribution in [2.45, 2.75) is 76.7 Å². The van der Waals surface area contributed by atoms with E-state index in [1.54, 1.807) is 12.1 Å². The van der Waals surface area contributed by atoms with Crippen LogP contribution in [0.3, 0.4) is 0 Å². The van der Waals surface area contributed by atoms with Crippen LogP contribution in [0.5, 0.6) is 11.6 Å². The van der Waals surface area contributed by atoms with Crippen LogP contribution in [0, 0.1) is 23.1 Å². The Morgan fingerprint density at radius 2 is 2.04 bits per heavy atom. The van der Waals surface area contributed by atoms with Gasteiger partial charge in [-0.05, 0) is 111 Å². The maximum Gasteiger partial charge on any atom is 0.239 e. The summed E-state index contributed by atoms with van der Waals surface area (Å²) in [6.45, 7) is 7.52. The van der Waals surface area contributed by atoms with Crippen LogP contribution in [-0.2, 0) is 16.6 Å². The number of anilines is 1. The van der Waals surface area contributed by atoms with Crippen LogP contribution in [0.1, 0.15) is 69.9 Å². The number of likely N-dealkylation sites (N-methyl/N-ethyl adjacent to an activating group) is 1. The highest BCUT2D eigenvalue weighted by molar-refractivity contribution is 6.15. The summed E-state index contributed by atoms with van der Waals surface area (Å²) in [7, 11) is 2.10. The number of nitrogens with zero attached hydrogens (tertiary/aromatic N) is 4. The highest BCUT2D eigenvalue weighted by Crippen LogP contribution is 2.54. The number of pyridine rings is 1. The summed E-state index contributed by atoms with van der Waals surface area (Å²) < 4.78 is 24.3. The molecule has 3 aliphatic rings. The molecule has 8 nitrogen and oxygen atoms in total. The van der Waals surface area contributed by atoms with E-state index in [-0.39, 0.29) is 23.2 Å². The summed E-state index contributed by atoms with van der Waals surface area (Å²) in [5.41, 5.74) is 2.45. The number of aromatic hydroxyl groups is 1. The lowest BCUT2D eigenvalue weighted by Gasteiger charge is -2.33. The molecular weight excluding hydrogens is 617 g/mol. The van der Waals surface area contributed by atoms with Crippen LogP contribution in [0.25, 0.3) is 32.8 Å². The van der Waals surface area contributed by atoms with E-state index in [1.165, 1.54) is 0 Å². The number of aromatic nitrogens is 1. The molecule has 7 rings (SSSR count). The molecule has 2 fully saturated rings. The van der Waals surface area contributed by atoms with E-state index in [2.05, 4.69) is 37.2 Å². The number of amides is 1. The first-order valence-corrected chi connectivity index (χ1v) is 17.9. The predicted octanol–water partition coefficient (Wildman–Crippen LogP) is 7.23. The smallest absolute Gasteiger partial charge is 0.239 e. The van der Waals surface area contributed by atoms with E-state index >= 15 is 4.39 Å². The number of phenols is 1. The fraction of sp³-hybridized carbons (Fsp3) is 0.475. The van der Waals surface area contributed by atoms with Crippen molar-refractivity contribution < 1.29 is 19.0 Å². The molecule has 1 unspecified atom stereocenters. The molecule has 2 saturated heterocycles. The number of aryl methyl sites for hydroxylation is 1. The molecule has 2 atom stereocenters. The largest absolute Gasteiger partial charge is 0.508 e. The predicted molar refractivity (Wildman–Crippen MR) is 192 cm³/mol. The zero-order chi connectivity index (χ0) is 34.3. The van der Waals surface area contributed by atoms with Gasteiger partial charge in [-0.2, -0.15) is 5.26 Å². The van der Waals surface area contributed by atoms with Gasteiger partial charge in [0.2, 0.25) is 11.8 Å². The summed E-state index contributed by atoms with van der Waals surface area (Å²) in [6, 6.07) is 15.4. The van der Waals surface area contributed by atoms with Gasteiger partial charge in [0.1, 0.15) is 23.6 Å². The maximum absolute atomic E-state index is 17.7. The highest BCUT2D eigenvalue weighted by Gasteiger charge is 2.54. The summed E-state index contributed by atoms with van der Waals surface area (Å²) in [6.07, 6.45) is 5.71. The normalized spacial score (nSPS) is 20.9. The molecule has 9 heteroatoms. The number of benzene rings is 3. The first kappa shape index (κ1) is 33.2. The quantitative estimate of drug-likeness (QED) is 0.173. The zero-order valence-electron chi connectivity index (χ0n) is 28.8. The van der Waals surface area contributed by atoms with E-state index in [4.69, 9.17) is 9.72 Å². The zero-order valence-corrected chi connectivity index (χ0v) is 28.8. The van der Waals surface area contributed by atoms with Gasteiger partial charge >= 0.3 is 0 Å². The Bertz CT molecular complexity index is 1950. The number of rotatable bonds is 10. The number of carbonyl (C=O) groups is 1. The lowest BCUT2D eigenvalue weighted by molar-refractivity contribution is -0.123. The van der Waals surface area contributed by atoms with Gasteiger partial charge in [-0.3, -0.25) is 4.79 Å². The number of hydrogen-bond acceptors (Lipinski definition) is 7. The highest BCUT2D eigenvalue weighted by atomic mass is 19.1. The Balaban J connectivity index is 1.52. The van der Waals surface area contributed by atoms with Crippen LogP contribution < -0.4 is 15.0 Å². The first-order chi connectivity index (χ1) is 23.7. The topological polar surface area (TPSA) is 102 Å². The van der Waals surface area contributed by atoms with Crippen molar-refractivity contribution in [3.8, 4) is 28.8 Å². The van der Waals surface area contributed by atoms with Crippen molar-refractivity contribution in [2.24, 2.45) is 5.92 Å². The Morgan fingerprint density at radius 1 is 1.20 bits per heavy atom. The minimum Gasteiger partial charge on any atom is -0.508 e.